The molecule has 0 spiro atoms. The lowest BCUT2D eigenvalue weighted by atomic mass is 10.1. The second kappa shape index (κ2) is 10.1. The Bertz CT molecular complexity index is 1910. The van der Waals surface area contributed by atoms with Crippen LogP contribution in [0, 0.1) is 0 Å². The van der Waals surface area contributed by atoms with Gasteiger partial charge in [0.2, 0.25) is 0 Å². The molecule has 2 heterocycles. The second-order valence-electron chi connectivity index (χ2n) is 10.4. The van der Waals surface area contributed by atoms with Gasteiger partial charge in [-0.25, -0.2) is 0 Å². The van der Waals surface area contributed by atoms with Crippen LogP contribution in [0.2, 0.25) is 0 Å². The van der Waals surface area contributed by atoms with Gasteiger partial charge in [-0.1, -0.05) is 109 Å². The van der Waals surface area contributed by atoms with Crippen LogP contribution in [0.15, 0.2) is 109 Å². The van der Waals surface area contributed by atoms with Crippen LogP contribution in [0.1, 0.15) is 36.1 Å². The van der Waals surface area contributed by atoms with E-state index < -0.39 is 0 Å². The minimum absolute atomic E-state index is 0.960. The molecule has 7 rings (SSSR count). The van der Waals surface area contributed by atoms with Crippen molar-refractivity contribution in [3.63, 3.8) is 0 Å². The quantitative estimate of drug-likeness (QED) is 0.195. The van der Waals surface area contributed by atoms with Crippen LogP contribution in [-0.2, 0) is 13.1 Å². The average molecular weight is 517 g/mol. The van der Waals surface area contributed by atoms with Crippen LogP contribution in [0.4, 0.5) is 0 Å². The zero-order valence-electron chi connectivity index (χ0n) is 23.0. The molecule has 0 aliphatic heterocycles. The van der Waals surface area contributed by atoms with Crippen molar-refractivity contribution in [2.24, 2.45) is 0 Å². The summed E-state index contributed by atoms with van der Waals surface area (Å²) in [7, 11) is 0. The summed E-state index contributed by atoms with van der Waals surface area (Å²) in [5.41, 5.74) is 10.0. The topological polar surface area (TPSA) is 9.86 Å². The van der Waals surface area contributed by atoms with Crippen molar-refractivity contribution >= 4 is 67.9 Å². The first kappa shape index (κ1) is 24.2. The van der Waals surface area contributed by atoms with Gasteiger partial charge in [-0.3, -0.25) is 0 Å². The molecule has 0 atom stereocenters. The van der Waals surface area contributed by atoms with Gasteiger partial charge in [0, 0.05) is 56.7 Å². The van der Waals surface area contributed by atoms with Crippen LogP contribution >= 0.6 is 0 Å². The lowest BCUT2D eigenvalue weighted by Gasteiger charge is -2.04. The highest BCUT2D eigenvalue weighted by Gasteiger charge is 2.10. The van der Waals surface area contributed by atoms with Gasteiger partial charge >= 0.3 is 0 Å². The standard InChI is InChI=1S/C38H32N2/c1-3-39-35-11-7-5-9-31(35)33-23-21-29(25-37(33)39)19-17-27-13-15-28(16-14-27)18-20-30-22-24-34-32-10-6-8-12-36(32)40(4-2)38(34)26-30/h5-26H,3-4H2,1-2H3/b19-17+,20-18+. The Kier molecular flexibility index (Phi) is 6.09. The average Bonchev–Trinajstić information content (AvgIpc) is 3.50. The molecule has 0 N–H and O–H groups in total. The maximum absolute atomic E-state index is 2.41. The van der Waals surface area contributed by atoms with Crippen LogP contribution in [-0.4, -0.2) is 9.13 Å². The molecule has 7 aromatic rings. The minimum atomic E-state index is 0.960. The van der Waals surface area contributed by atoms with E-state index in [2.05, 4.69) is 156 Å². The van der Waals surface area contributed by atoms with Crippen molar-refractivity contribution in [2.75, 3.05) is 0 Å². The molecule has 2 nitrogen and oxygen atoms in total. The number of aryl methyl sites for hydroxylation is 2. The van der Waals surface area contributed by atoms with Crippen molar-refractivity contribution in [1.29, 1.82) is 0 Å². The fraction of sp³-hybridized carbons (Fsp3) is 0.105. The zero-order chi connectivity index (χ0) is 27.1. The lowest BCUT2D eigenvalue weighted by molar-refractivity contribution is 0.827. The van der Waals surface area contributed by atoms with E-state index in [1.165, 1.54) is 65.9 Å². The number of para-hydroxylation sites is 2. The van der Waals surface area contributed by atoms with E-state index in [9.17, 15) is 0 Å². The Morgan fingerprint density at radius 1 is 0.400 bits per heavy atom. The number of aromatic nitrogens is 2. The highest BCUT2D eigenvalue weighted by molar-refractivity contribution is 6.09. The molecule has 0 bridgehead atoms. The summed E-state index contributed by atoms with van der Waals surface area (Å²) < 4.78 is 4.81. The minimum Gasteiger partial charge on any atom is -0.341 e. The fourth-order valence-corrected chi connectivity index (χ4v) is 6.12. The zero-order valence-corrected chi connectivity index (χ0v) is 23.0. The van der Waals surface area contributed by atoms with Gasteiger partial charge in [-0.2, -0.15) is 0 Å². The molecule has 2 heteroatoms. The molecule has 0 aliphatic rings. The van der Waals surface area contributed by atoms with E-state index in [0.29, 0.717) is 0 Å². The first-order chi connectivity index (χ1) is 19.7. The van der Waals surface area contributed by atoms with Crippen LogP contribution in [0.5, 0.6) is 0 Å². The van der Waals surface area contributed by atoms with Crippen LogP contribution in [0.3, 0.4) is 0 Å². The molecule has 0 unspecified atom stereocenters. The maximum Gasteiger partial charge on any atom is 0.0497 e. The van der Waals surface area contributed by atoms with Crippen molar-refractivity contribution in [1.82, 2.24) is 9.13 Å². The Morgan fingerprint density at radius 3 is 1.18 bits per heavy atom. The summed E-state index contributed by atoms with van der Waals surface area (Å²) in [4.78, 5) is 0. The Hall–Kier alpha value is -4.82. The SMILES string of the molecule is CCn1c2ccccc2c2ccc(/C=C/c3ccc(/C=C/c4ccc5c6ccccc6n(CC)c5c4)cc3)cc21. The molecule has 0 fully saturated rings. The van der Waals surface area contributed by atoms with Crippen molar-refractivity contribution in [3.8, 4) is 0 Å². The third-order valence-electron chi connectivity index (χ3n) is 8.10. The third-order valence-corrected chi connectivity index (χ3v) is 8.10. The summed E-state index contributed by atoms with van der Waals surface area (Å²) in [5, 5.41) is 5.29. The predicted molar refractivity (Wildman–Crippen MR) is 175 cm³/mol. The van der Waals surface area contributed by atoms with E-state index in [4.69, 9.17) is 0 Å². The van der Waals surface area contributed by atoms with Gasteiger partial charge in [0.15, 0.2) is 0 Å². The number of nitrogens with zero attached hydrogens (tertiary/aromatic N) is 2. The van der Waals surface area contributed by atoms with Gasteiger partial charge in [-0.15, -0.1) is 0 Å². The summed E-state index contributed by atoms with van der Waals surface area (Å²) in [5.74, 6) is 0. The molecule has 5 aromatic carbocycles. The second-order valence-corrected chi connectivity index (χ2v) is 10.4. The molecular formula is C38H32N2. The maximum atomic E-state index is 2.41. The Balaban J connectivity index is 1.12. The summed E-state index contributed by atoms with van der Waals surface area (Å²) in [6.07, 6.45) is 8.82. The number of rotatable bonds is 6. The van der Waals surface area contributed by atoms with E-state index in [-0.39, 0.29) is 0 Å². The largest absolute Gasteiger partial charge is 0.341 e. The number of benzene rings is 5. The lowest BCUT2D eigenvalue weighted by Crippen LogP contribution is -1.92. The van der Waals surface area contributed by atoms with Crippen molar-refractivity contribution < 1.29 is 0 Å². The normalized spacial score (nSPS) is 12.2. The van der Waals surface area contributed by atoms with Gasteiger partial charge in [0.1, 0.15) is 0 Å². The van der Waals surface area contributed by atoms with E-state index in [1.54, 1.807) is 0 Å². The van der Waals surface area contributed by atoms with E-state index >= 15 is 0 Å². The summed E-state index contributed by atoms with van der Waals surface area (Å²) >= 11 is 0. The number of fused-ring (bicyclic) bond motifs is 6. The molecule has 2 aromatic heterocycles. The van der Waals surface area contributed by atoms with Crippen molar-refractivity contribution in [2.45, 2.75) is 26.9 Å². The van der Waals surface area contributed by atoms with Gasteiger partial charge in [-0.05, 0) is 60.4 Å². The first-order valence-corrected chi connectivity index (χ1v) is 14.2. The highest BCUT2D eigenvalue weighted by Crippen LogP contribution is 2.31. The monoisotopic (exact) mass is 516 g/mol. The van der Waals surface area contributed by atoms with E-state index in [0.717, 1.165) is 13.1 Å². The molecule has 194 valence electrons. The van der Waals surface area contributed by atoms with E-state index in [1.807, 2.05) is 0 Å². The molecule has 0 saturated heterocycles. The molecule has 40 heavy (non-hydrogen) atoms. The molecular weight excluding hydrogens is 484 g/mol. The highest BCUT2D eigenvalue weighted by atomic mass is 15.0. The third kappa shape index (κ3) is 4.13. The molecule has 0 saturated carbocycles. The number of hydrogen-bond acceptors (Lipinski definition) is 0. The van der Waals surface area contributed by atoms with Crippen LogP contribution in [0.25, 0.3) is 67.9 Å². The fourth-order valence-electron chi connectivity index (χ4n) is 6.12. The van der Waals surface area contributed by atoms with Gasteiger partial charge < -0.3 is 9.13 Å². The molecule has 0 aliphatic carbocycles. The first-order valence-electron chi connectivity index (χ1n) is 14.2. The predicted octanol–water partition coefficient (Wildman–Crippen LogP) is 10.3. The summed E-state index contributed by atoms with van der Waals surface area (Å²) in [6, 6.07) is 39.7. The molecule has 0 amide bonds. The van der Waals surface area contributed by atoms with Gasteiger partial charge in [0.05, 0.1) is 0 Å². The van der Waals surface area contributed by atoms with Crippen molar-refractivity contribution in [3.05, 3.63) is 131 Å². The molecule has 0 radical (unpaired) electrons. The van der Waals surface area contributed by atoms with Gasteiger partial charge in [0.25, 0.3) is 0 Å². The summed E-state index contributed by atoms with van der Waals surface area (Å²) in [6.45, 7) is 6.35. The Morgan fingerprint density at radius 2 is 0.750 bits per heavy atom. The Labute approximate surface area is 235 Å². The smallest absolute Gasteiger partial charge is 0.0497 e. The number of hydrogen-bond donors (Lipinski definition) is 0. The van der Waals surface area contributed by atoms with Crippen LogP contribution < -0.4 is 0 Å².